The second kappa shape index (κ2) is 5.85. The van der Waals surface area contributed by atoms with E-state index in [4.69, 9.17) is 0 Å². The zero-order valence-electron chi connectivity index (χ0n) is 11.4. The summed E-state index contributed by atoms with van der Waals surface area (Å²) < 4.78 is 0. The summed E-state index contributed by atoms with van der Waals surface area (Å²) in [5.74, 6) is 0.497. The van der Waals surface area contributed by atoms with Crippen LogP contribution in [0.2, 0.25) is 0 Å². The first-order valence-corrected chi connectivity index (χ1v) is 6.94. The molecule has 4 heteroatoms. The first kappa shape index (κ1) is 13.6. The molecule has 0 radical (unpaired) electrons. The normalized spacial score (nSPS) is 29.2. The van der Waals surface area contributed by atoms with Crippen molar-refractivity contribution in [1.82, 2.24) is 9.80 Å². The van der Waals surface area contributed by atoms with Crippen LogP contribution in [0.3, 0.4) is 0 Å². The van der Waals surface area contributed by atoms with Gasteiger partial charge in [0.25, 0.3) is 0 Å². The van der Waals surface area contributed by atoms with E-state index in [0.717, 1.165) is 37.9 Å². The maximum absolute atomic E-state index is 12.1. The fraction of sp³-hybridized carbons (Fsp3) is 0.786. The van der Waals surface area contributed by atoms with Crippen molar-refractivity contribution in [2.45, 2.75) is 38.7 Å². The number of hydrogen-bond donors (Lipinski definition) is 1. The lowest BCUT2D eigenvalue weighted by molar-refractivity contribution is -0.130. The van der Waals surface area contributed by atoms with Crippen molar-refractivity contribution in [2.75, 3.05) is 26.7 Å². The number of aliphatic hydroxyl groups is 1. The van der Waals surface area contributed by atoms with Crippen LogP contribution in [0, 0.1) is 5.92 Å². The minimum Gasteiger partial charge on any atom is -0.392 e. The number of carbonyl (C=O) groups is 1. The smallest absolute Gasteiger partial charge is 0.240 e. The topological polar surface area (TPSA) is 43.8 Å². The molecule has 102 valence electrons. The predicted molar refractivity (Wildman–Crippen MR) is 70.9 cm³/mol. The summed E-state index contributed by atoms with van der Waals surface area (Å²) in [6.07, 6.45) is 6.11. The number of rotatable bonds is 3. The Kier molecular flexibility index (Phi) is 4.40. The molecule has 0 bridgehead atoms. The van der Waals surface area contributed by atoms with E-state index in [1.807, 2.05) is 7.05 Å². The van der Waals surface area contributed by atoms with E-state index in [9.17, 15) is 9.90 Å². The number of allylic oxidation sites excluding steroid dienone is 2. The Morgan fingerprint density at radius 1 is 1.61 bits per heavy atom. The van der Waals surface area contributed by atoms with Gasteiger partial charge in [0.1, 0.15) is 0 Å². The third-order valence-electron chi connectivity index (χ3n) is 4.18. The van der Waals surface area contributed by atoms with E-state index in [-0.39, 0.29) is 12.0 Å². The summed E-state index contributed by atoms with van der Waals surface area (Å²) in [6, 6.07) is 0. The Morgan fingerprint density at radius 2 is 2.39 bits per heavy atom. The van der Waals surface area contributed by atoms with Crippen molar-refractivity contribution in [3.63, 3.8) is 0 Å². The molecular weight excluding hydrogens is 228 g/mol. The lowest BCUT2D eigenvalue weighted by Crippen LogP contribution is -2.47. The number of hydrogen-bond acceptors (Lipinski definition) is 3. The second-order valence-corrected chi connectivity index (χ2v) is 5.61. The molecule has 0 spiro atoms. The summed E-state index contributed by atoms with van der Waals surface area (Å²) in [6.45, 7) is 4.04. The lowest BCUT2D eigenvalue weighted by Gasteiger charge is -2.34. The number of likely N-dealkylation sites (tertiary alicyclic amines) is 1. The fourth-order valence-corrected chi connectivity index (χ4v) is 2.67. The highest BCUT2D eigenvalue weighted by molar-refractivity contribution is 5.79. The molecule has 2 atom stereocenters. The van der Waals surface area contributed by atoms with Crippen molar-refractivity contribution >= 4 is 5.91 Å². The standard InChI is InChI=1S/C14H24N2O2/c1-11-7-8-16(9-13(11)17)10-14(18)15(2)12-5-3-4-6-12/h5,11,13,17H,3-4,6-10H2,1-2H3. The molecule has 18 heavy (non-hydrogen) atoms. The summed E-state index contributed by atoms with van der Waals surface area (Å²) in [7, 11) is 1.86. The number of β-amino-alcohol motifs (C(OH)–C–C–N with tert-alkyl or cyclic N) is 1. The molecule has 1 aliphatic heterocycles. The van der Waals surface area contributed by atoms with Crippen LogP contribution in [0.5, 0.6) is 0 Å². The Morgan fingerprint density at radius 3 is 3.00 bits per heavy atom. The molecule has 1 amide bonds. The van der Waals surface area contributed by atoms with Crippen molar-refractivity contribution in [2.24, 2.45) is 5.92 Å². The minimum absolute atomic E-state index is 0.143. The third kappa shape index (κ3) is 3.12. The van der Waals surface area contributed by atoms with Crippen LogP contribution >= 0.6 is 0 Å². The minimum atomic E-state index is -0.289. The van der Waals surface area contributed by atoms with Crippen LogP contribution in [0.25, 0.3) is 0 Å². The Bertz CT molecular complexity index is 341. The summed E-state index contributed by atoms with van der Waals surface area (Å²) >= 11 is 0. The van der Waals surface area contributed by atoms with Gasteiger partial charge in [-0.25, -0.2) is 0 Å². The van der Waals surface area contributed by atoms with Crippen LogP contribution in [0.4, 0.5) is 0 Å². The van der Waals surface area contributed by atoms with Crippen molar-refractivity contribution < 1.29 is 9.90 Å². The molecule has 2 rings (SSSR count). The van der Waals surface area contributed by atoms with Gasteiger partial charge < -0.3 is 10.0 Å². The first-order chi connectivity index (χ1) is 8.58. The molecule has 1 fully saturated rings. The SMILES string of the molecule is CC1CCN(CC(=O)N(C)C2=CCCC2)CC1O. The molecule has 1 N–H and O–H groups in total. The van der Waals surface area contributed by atoms with E-state index in [2.05, 4.69) is 17.9 Å². The van der Waals surface area contributed by atoms with Crippen LogP contribution < -0.4 is 0 Å². The van der Waals surface area contributed by atoms with E-state index in [1.54, 1.807) is 4.90 Å². The first-order valence-electron chi connectivity index (χ1n) is 6.94. The van der Waals surface area contributed by atoms with Gasteiger partial charge in [-0.1, -0.05) is 13.0 Å². The van der Waals surface area contributed by atoms with E-state index < -0.39 is 0 Å². The molecule has 0 aromatic heterocycles. The quantitative estimate of drug-likeness (QED) is 0.821. The zero-order chi connectivity index (χ0) is 13.1. The zero-order valence-corrected chi connectivity index (χ0v) is 11.4. The van der Waals surface area contributed by atoms with E-state index >= 15 is 0 Å². The molecule has 0 aromatic rings. The number of amides is 1. The molecule has 1 heterocycles. The Balaban J connectivity index is 1.83. The van der Waals surface area contributed by atoms with Crippen molar-refractivity contribution in [3.05, 3.63) is 11.8 Å². The number of aliphatic hydroxyl groups excluding tert-OH is 1. The van der Waals surface area contributed by atoms with Gasteiger partial charge in [0.05, 0.1) is 12.6 Å². The molecule has 1 saturated heterocycles. The van der Waals surface area contributed by atoms with Gasteiger partial charge in [-0.3, -0.25) is 9.69 Å². The largest absolute Gasteiger partial charge is 0.392 e. The monoisotopic (exact) mass is 252 g/mol. The highest BCUT2D eigenvalue weighted by Crippen LogP contribution is 2.21. The number of nitrogens with zero attached hydrogens (tertiary/aromatic N) is 2. The van der Waals surface area contributed by atoms with Gasteiger partial charge in [0, 0.05) is 19.3 Å². The molecule has 0 aromatic carbocycles. The number of likely N-dealkylation sites (N-methyl/N-ethyl adjacent to an activating group) is 1. The molecule has 2 unspecified atom stereocenters. The van der Waals surface area contributed by atoms with Crippen LogP contribution in [0.1, 0.15) is 32.6 Å². The van der Waals surface area contributed by atoms with Gasteiger partial charge in [-0.05, 0) is 38.1 Å². The highest BCUT2D eigenvalue weighted by atomic mass is 16.3. The third-order valence-corrected chi connectivity index (χ3v) is 4.18. The average molecular weight is 252 g/mol. The van der Waals surface area contributed by atoms with Gasteiger partial charge in [-0.15, -0.1) is 0 Å². The van der Waals surface area contributed by atoms with Crippen molar-refractivity contribution in [1.29, 1.82) is 0 Å². The van der Waals surface area contributed by atoms with Crippen LogP contribution in [-0.4, -0.2) is 53.6 Å². The fourth-order valence-electron chi connectivity index (χ4n) is 2.67. The maximum atomic E-state index is 12.1. The molecule has 0 saturated carbocycles. The van der Waals surface area contributed by atoms with Gasteiger partial charge in [0.15, 0.2) is 0 Å². The highest BCUT2D eigenvalue weighted by Gasteiger charge is 2.26. The summed E-state index contributed by atoms with van der Waals surface area (Å²) in [5.41, 5.74) is 1.16. The molecule has 4 nitrogen and oxygen atoms in total. The van der Waals surface area contributed by atoms with Gasteiger partial charge in [0.2, 0.25) is 5.91 Å². The molecule has 1 aliphatic carbocycles. The lowest BCUT2D eigenvalue weighted by atomic mass is 9.96. The second-order valence-electron chi connectivity index (χ2n) is 5.61. The van der Waals surface area contributed by atoms with Crippen molar-refractivity contribution in [3.8, 4) is 0 Å². The summed E-state index contributed by atoms with van der Waals surface area (Å²) in [4.78, 5) is 16.0. The molecule has 2 aliphatic rings. The number of piperidine rings is 1. The van der Waals surface area contributed by atoms with Crippen LogP contribution in [-0.2, 0) is 4.79 Å². The average Bonchev–Trinajstić information content (AvgIpc) is 2.86. The van der Waals surface area contributed by atoms with E-state index in [0.29, 0.717) is 19.0 Å². The summed E-state index contributed by atoms with van der Waals surface area (Å²) in [5, 5.41) is 9.83. The maximum Gasteiger partial charge on any atom is 0.240 e. The molecular formula is C14H24N2O2. The van der Waals surface area contributed by atoms with Crippen LogP contribution in [0.15, 0.2) is 11.8 Å². The van der Waals surface area contributed by atoms with Gasteiger partial charge in [-0.2, -0.15) is 0 Å². The van der Waals surface area contributed by atoms with E-state index in [1.165, 1.54) is 0 Å². The number of carbonyl (C=O) groups excluding carboxylic acids is 1. The predicted octanol–water partition coefficient (Wildman–Crippen LogP) is 1.22. The van der Waals surface area contributed by atoms with Gasteiger partial charge >= 0.3 is 0 Å². The Hall–Kier alpha value is -0.870. The Labute approximate surface area is 109 Å².